The summed E-state index contributed by atoms with van der Waals surface area (Å²) >= 11 is 4.90. The van der Waals surface area contributed by atoms with Crippen LogP contribution in [0.25, 0.3) is 0 Å². The summed E-state index contributed by atoms with van der Waals surface area (Å²) in [5.74, 6) is 0.527. The Balaban J connectivity index is 4.47. The van der Waals surface area contributed by atoms with Crippen LogP contribution in [0.2, 0.25) is 0 Å². The van der Waals surface area contributed by atoms with Gasteiger partial charge in [0.1, 0.15) is 0 Å². The molecule has 0 saturated carbocycles. The van der Waals surface area contributed by atoms with Gasteiger partial charge in [-0.15, -0.1) is 0 Å². The normalized spacial score (nSPS) is 13.5. The number of carbonyl (C=O) groups is 1. The summed E-state index contributed by atoms with van der Waals surface area (Å²) < 4.78 is 0. The molecular formula is C14H28N2OS. The number of nitrogens with two attached hydrogens (primary N) is 1. The molecule has 106 valence electrons. The van der Waals surface area contributed by atoms with Gasteiger partial charge in [0.05, 0.1) is 11.5 Å². The predicted molar refractivity (Wildman–Crippen MR) is 81.5 cm³/mol. The highest BCUT2D eigenvalue weighted by molar-refractivity contribution is 7.80. The molecule has 0 radical (unpaired) electrons. The molecule has 0 aliphatic heterocycles. The third-order valence-corrected chi connectivity index (χ3v) is 2.88. The van der Waals surface area contributed by atoms with Crippen molar-refractivity contribution in [1.82, 2.24) is 4.90 Å². The van der Waals surface area contributed by atoms with Gasteiger partial charge in [-0.1, -0.05) is 39.9 Å². The number of rotatable bonds is 6. The molecule has 1 unspecified atom stereocenters. The van der Waals surface area contributed by atoms with Crippen LogP contribution in [-0.4, -0.2) is 28.4 Å². The van der Waals surface area contributed by atoms with Gasteiger partial charge in [0, 0.05) is 12.5 Å². The first kappa shape index (κ1) is 17.4. The molecule has 18 heavy (non-hydrogen) atoms. The van der Waals surface area contributed by atoms with Crippen molar-refractivity contribution >= 4 is 23.1 Å². The highest BCUT2D eigenvalue weighted by atomic mass is 32.1. The first-order valence-corrected chi connectivity index (χ1v) is 7.01. The van der Waals surface area contributed by atoms with E-state index in [1.54, 1.807) is 4.90 Å². The van der Waals surface area contributed by atoms with Crippen molar-refractivity contribution < 1.29 is 4.79 Å². The Morgan fingerprint density at radius 2 is 1.78 bits per heavy atom. The van der Waals surface area contributed by atoms with Gasteiger partial charge in [0.2, 0.25) is 5.91 Å². The molecular weight excluding hydrogens is 244 g/mol. The van der Waals surface area contributed by atoms with Crippen LogP contribution >= 0.6 is 12.2 Å². The van der Waals surface area contributed by atoms with Gasteiger partial charge in [0.25, 0.3) is 0 Å². The van der Waals surface area contributed by atoms with Gasteiger partial charge in [-0.05, 0) is 31.6 Å². The van der Waals surface area contributed by atoms with E-state index < -0.39 is 0 Å². The molecule has 0 bridgehead atoms. The van der Waals surface area contributed by atoms with Crippen molar-refractivity contribution in [2.24, 2.45) is 17.1 Å². The van der Waals surface area contributed by atoms with Crippen LogP contribution < -0.4 is 5.73 Å². The zero-order valence-electron chi connectivity index (χ0n) is 12.6. The Bertz CT molecular complexity index is 295. The van der Waals surface area contributed by atoms with E-state index in [-0.39, 0.29) is 17.4 Å². The van der Waals surface area contributed by atoms with Gasteiger partial charge >= 0.3 is 0 Å². The Morgan fingerprint density at radius 3 is 2.11 bits per heavy atom. The number of hydrogen-bond donors (Lipinski definition) is 1. The van der Waals surface area contributed by atoms with Crippen molar-refractivity contribution in [2.45, 2.75) is 60.4 Å². The summed E-state index contributed by atoms with van der Waals surface area (Å²) in [5, 5.41) is 0. The maximum atomic E-state index is 12.2. The van der Waals surface area contributed by atoms with Gasteiger partial charge in [0.15, 0.2) is 0 Å². The monoisotopic (exact) mass is 272 g/mol. The molecule has 0 aromatic carbocycles. The molecule has 4 heteroatoms. The number of nitrogens with zero attached hydrogens (tertiary/aromatic N) is 1. The van der Waals surface area contributed by atoms with Crippen LogP contribution in [0.15, 0.2) is 0 Å². The average molecular weight is 272 g/mol. The summed E-state index contributed by atoms with van der Waals surface area (Å²) in [6.45, 7) is 13.1. The smallest absolute Gasteiger partial charge is 0.223 e. The van der Waals surface area contributed by atoms with E-state index in [0.29, 0.717) is 23.9 Å². The fourth-order valence-electron chi connectivity index (χ4n) is 2.26. The zero-order chi connectivity index (χ0) is 14.5. The van der Waals surface area contributed by atoms with Crippen molar-refractivity contribution in [3.63, 3.8) is 0 Å². The van der Waals surface area contributed by atoms with Crippen LogP contribution in [-0.2, 0) is 4.79 Å². The first-order chi connectivity index (χ1) is 8.03. The minimum absolute atomic E-state index is 0.140. The largest absolute Gasteiger partial charge is 0.392 e. The molecule has 0 aromatic rings. The third kappa shape index (κ3) is 7.64. The Kier molecular flexibility index (Phi) is 6.82. The lowest BCUT2D eigenvalue weighted by Gasteiger charge is -2.29. The van der Waals surface area contributed by atoms with E-state index >= 15 is 0 Å². The summed E-state index contributed by atoms with van der Waals surface area (Å²) in [5.41, 5.74) is 5.79. The number of hydrogen-bond acceptors (Lipinski definition) is 2. The Morgan fingerprint density at radius 1 is 1.28 bits per heavy atom. The zero-order valence-corrected chi connectivity index (χ0v) is 13.4. The number of thiocarbonyl (C=S) groups is 1. The van der Waals surface area contributed by atoms with E-state index in [2.05, 4.69) is 27.7 Å². The topological polar surface area (TPSA) is 46.3 Å². The maximum absolute atomic E-state index is 12.2. The molecule has 1 amide bonds. The molecule has 0 rings (SSSR count). The lowest BCUT2D eigenvalue weighted by atomic mass is 9.84. The second-order valence-electron chi connectivity index (χ2n) is 6.66. The maximum Gasteiger partial charge on any atom is 0.223 e. The van der Waals surface area contributed by atoms with Crippen LogP contribution in [0.1, 0.15) is 54.4 Å². The van der Waals surface area contributed by atoms with E-state index in [9.17, 15) is 4.79 Å². The number of carbonyl (C=O) groups excluding carboxylic acids is 1. The highest BCUT2D eigenvalue weighted by Crippen LogP contribution is 2.26. The molecule has 3 nitrogen and oxygen atoms in total. The quantitative estimate of drug-likeness (QED) is 0.756. The van der Waals surface area contributed by atoms with Gasteiger partial charge in [-0.3, -0.25) is 4.79 Å². The first-order valence-electron chi connectivity index (χ1n) is 6.60. The second kappa shape index (κ2) is 7.07. The van der Waals surface area contributed by atoms with Crippen molar-refractivity contribution in [1.29, 1.82) is 0 Å². The standard InChI is InChI=1S/C14H28N2OS/c1-10(2)16(9-12(15)18)13(17)7-11(3)8-14(4,5)6/h10-11H,7-9H2,1-6H3,(H2,15,18). The van der Waals surface area contributed by atoms with Crippen molar-refractivity contribution in [3.05, 3.63) is 0 Å². The van der Waals surface area contributed by atoms with Gasteiger partial charge in [-0.25, -0.2) is 0 Å². The Labute approximate surface area is 117 Å². The van der Waals surface area contributed by atoms with E-state index in [1.165, 1.54) is 0 Å². The average Bonchev–Trinajstić information content (AvgIpc) is 2.09. The summed E-state index contributed by atoms with van der Waals surface area (Å²) in [4.78, 5) is 14.4. The van der Waals surface area contributed by atoms with Crippen molar-refractivity contribution in [3.8, 4) is 0 Å². The van der Waals surface area contributed by atoms with E-state index in [0.717, 1.165) is 6.42 Å². The predicted octanol–water partition coefficient (Wildman–Crippen LogP) is 2.97. The fourth-order valence-corrected chi connectivity index (χ4v) is 2.40. The molecule has 0 saturated heterocycles. The minimum atomic E-state index is 0.140. The van der Waals surface area contributed by atoms with Crippen LogP contribution in [0.3, 0.4) is 0 Å². The van der Waals surface area contributed by atoms with E-state index in [4.69, 9.17) is 18.0 Å². The highest BCUT2D eigenvalue weighted by Gasteiger charge is 2.22. The Hall–Kier alpha value is -0.640. The molecule has 0 fully saturated rings. The van der Waals surface area contributed by atoms with Gasteiger partial charge < -0.3 is 10.6 Å². The van der Waals surface area contributed by atoms with Crippen LogP contribution in [0.5, 0.6) is 0 Å². The molecule has 0 heterocycles. The minimum Gasteiger partial charge on any atom is -0.392 e. The second-order valence-corrected chi connectivity index (χ2v) is 7.18. The summed E-state index contributed by atoms with van der Waals surface area (Å²) in [7, 11) is 0. The number of amides is 1. The molecule has 2 N–H and O–H groups in total. The van der Waals surface area contributed by atoms with Crippen LogP contribution in [0.4, 0.5) is 0 Å². The fraction of sp³-hybridized carbons (Fsp3) is 0.857. The molecule has 0 aromatic heterocycles. The molecule has 0 aliphatic rings. The summed E-state index contributed by atoms with van der Waals surface area (Å²) in [6, 6.07) is 0.140. The SMILES string of the molecule is CC(CC(=O)N(CC(N)=S)C(C)C)CC(C)(C)C. The molecule has 0 spiro atoms. The lowest BCUT2D eigenvalue weighted by Crippen LogP contribution is -2.42. The van der Waals surface area contributed by atoms with Gasteiger partial charge in [-0.2, -0.15) is 0 Å². The van der Waals surface area contributed by atoms with Crippen LogP contribution in [0, 0.1) is 11.3 Å². The van der Waals surface area contributed by atoms with E-state index in [1.807, 2.05) is 13.8 Å². The molecule has 0 aliphatic carbocycles. The summed E-state index contributed by atoms with van der Waals surface area (Å²) in [6.07, 6.45) is 1.61. The van der Waals surface area contributed by atoms with Crippen molar-refractivity contribution in [2.75, 3.05) is 6.54 Å². The lowest BCUT2D eigenvalue weighted by molar-refractivity contribution is -0.133. The molecule has 1 atom stereocenters. The third-order valence-electron chi connectivity index (χ3n) is 2.75.